The Hall–Kier alpha value is -2.68. The molecule has 0 aromatic heterocycles. The summed E-state index contributed by atoms with van der Waals surface area (Å²) in [5.41, 5.74) is 5.22. The topological polar surface area (TPSA) is 38.7 Å². The molecule has 0 unspecified atom stereocenters. The van der Waals surface area contributed by atoms with E-state index in [2.05, 4.69) is 53.7 Å². The lowest BCUT2D eigenvalue weighted by Crippen LogP contribution is -2.48. The van der Waals surface area contributed by atoms with Gasteiger partial charge in [0.05, 0.1) is 7.11 Å². The van der Waals surface area contributed by atoms with Crippen LogP contribution in [0.15, 0.2) is 59.8 Å². The van der Waals surface area contributed by atoms with E-state index in [4.69, 9.17) is 4.74 Å². The third-order valence-corrected chi connectivity index (χ3v) is 8.29. The normalized spacial score (nSPS) is 28.7. The smallest absolute Gasteiger partial charge is 0.122 e. The standard InChI is InChI=1S/C28H29NO2/c1-31-27-7-6-25(24-5-4-22-11-18(17-29-30)2-3-23(22)12-24)13-26(27)28-14-19-8-20(15-28)10-21(9-19)16-28/h2-7,11-13,19-21H,8-10,14-17H2,1H3. The SMILES string of the molecule is COc1ccc(-c2ccc3cc(CN=O)ccc3c2)cc1C12CC3CC(CC(C3)C1)C2. The van der Waals surface area contributed by atoms with Crippen LogP contribution >= 0.6 is 0 Å². The zero-order valence-electron chi connectivity index (χ0n) is 18.1. The lowest BCUT2D eigenvalue weighted by atomic mass is 9.48. The molecule has 3 aromatic carbocycles. The summed E-state index contributed by atoms with van der Waals surface area (Å²) in [7, 11) is 1.82. The number of ether oxygens (including phenoxy) is 1. The predicted molar refractivity (Wildman–Crippen MR) is 125 cm³/mol. The Balaban J connectivity index is 1.41. The molecule has 0 radical (unpaired) electrons. The fraction of sp³-hybridized carbons (Fsp3) is 0.429. The maximum atomic E-state index is 10.6. The van der Waals surface area contributed by atoms with E-state index in [1.165, 1.54) is 60.6 Å². The Bertz CT molecular complexity index is 1130. The van der Waals surface area contributed by atoms with Crippen LogP contribution in [0.3, 0.4) is 0 Å². The number of benzene rings is 3. The van der Waals surface area contributed by atoms with Crippen LogP contribution in [0.25, 0.3) is 21.9 Å². The molecule has 4 bridgehead atoms. The van der Waals surface area contributed by atoms with Crippen LogP contribution in [-0.4, -0.2) is 7.11 Å². The van der Waals surface area contributed by atoms with Crippen molar-refractivity contribution in [2.75, 3.05) is 7.11 Å². The molecule has 4 aliphatic rings. The molecule has 7 rings (SSSR count). The highest BCUT2D eigenvalue weighted by Gasteiger charge is 2.52. The van der Waals surface area contributed by atoms with Crippen LogP contribution in [0.5, 0.6) is 5.75 Å². The molecule has 3 heteroatoms. The first-order valence-electron chi connectivity index (χ1n) is 11.7. The van der Waals surface area contributed by atoms with E-state index in [9.17, 15) is 4.91 Å². The van der Waals surface area contributed by atoms with Gasteiger partial charge in [-0.05, 0) is 113 Å². The molecule has 4 aliphatic carbocycles. The van der Waals surface area contributed by atoms with Crippen molar-refractivity contribution in [2.24, 2.45) is 22.9 Å². The molecule has 0 amide bonds. The van der Waals surface area contributed by atoms with Crippen LogP contribution in [0, 0.1) is 22.7 Å². The lowest BCUT2D eigenvalue weighted by molar-refractivity contribution is -0.00613. The highest BCUT2D eigenvalue weighted by atomic mass is 16.5. The van der Waals surface area contributed by atoms with Crippen LogP contribution in [-0.2, 0) is 12.0 Å². The van der Waals surface area contributed by atoms with Crippen LogP contribution in [0.4, 0.5) is 0 Å². The molecule has 0 aliphatic heterocycles. The molecular formula is C28H29NO2. The van der Waals surface area contributed by atoms with Crippen LogP contribution in [0.2, 0.25) is 0 Å². The average molecular weight is 412 g/mol. The zero-order valence-corrected chi connectivity index (χ0v) is 18.1. The number of hydrogen-bond acceptors (Lipinski definition) is 3. The van der Waals surface area contributed by atoms with E-state index in [0.717, 1.165) is 34.5 Å². The van der Waals surface area contributed by atoms with Gasteiger partial charge in [0, 0.05) is 5.56 Å². The molecule has 0 atom stereocenters. The quantitative estimate of drug-likeness (QED) is 0.415. The Morgan fingerprint density at radius 1 is 0.839 bits per heavy atom. The first-order valence-corrected chi connectivity index (χ1v) is 11.7. The largest absolute Gasteiger partial charge is 0.496 e. The number of nitrogens with zero attached hydrogens (tertiary/aromatic N) is 1. The summed E-state index contributed by atoms with van der Waals surface area (Å²) in [6.45, 7) is 0.227. The summed E-state index contributed by atoms with van der Waals surface area (Å²) in [5, 5.41) is 5.37. The third kappa shape index (κ3) is 3.17. The van der Waals surface area contributed by atoms with Gasteiger partial charge in [-0.2, -0.15) is 4.91 Å². The van der Waals surface area contributed by atoms with Crippen molar-refractivity contribution in [3.05, 3.63) is 70.6 Å². The van der Waals surface area contributed by atoms with Crippen LogP contribution < -0.4 is 4.74 Å². The highest BCUT2D eigenvalue weighted by Crippen LogP contribution is 2.62. The van der Waals surface area contributed by atoms with E-state index in [0.29, 0.717) is 5.41 Å². The molecule has 31 heavy (non-hydrogen) atoms. The second-order valence-electron chi connectivity index (χ2n) is 10.3. The van der Waals surface area contributed by atoms with Gasteiger partial charge in [0.15, 0.2) is 0 Å². The molecule has 0 heterocycles. The number of hydrogen-bond donors (Lipinski definition) is 0. The number of nitroso groups, excluding NO2 is 1. The van der Waals surface area contributed by atoms with Crippen molar-refractivity contribution in [3.63, 3.8) is 0 Å². The fourth-order valence-electron chi connectivity index (χ4n) is 7.39. The van der Waals surface area contributed by atoms with Crippen molar-refractivity contribution in [1.29, 1.82) is 0 Å². The van der Waals surface area contributed by atoms with Crippen molar-refractivity contribution in [1.82, 2.24) is 0 Å². The Morgan fingerprint density at radius 3 is 2.13 bits per heavy atom. The molecule has 4 fully saturated rings. The summed E-state index contributed by atoms with van der Waals surface area (Å²) in [6.07, 6.45) is 8.37. The van der Waals surface area contributed by atoms with Gasteiger partial charge in [0.25, 0.3) is 0 Å². The minimum absolute atomic E-state index is 0.227. The van der Waals surface area contributed by atoms with Gasteiger partial charge in [0.1, 0.15) is 12.3 Å². The van der Waals surface area contributed by atoms with E-state index in [1.54, 1.807) is 0 Å². The number of rotatable bonds is 5. The Kier molecular flexibility index (Phi) is 4.41. The van der Waals surface area contributed by atoms with Gasteiger partial charge in [-0.1, -0.05) is 35.5 Å². The van der Waals surface area contributed by atoms with Gasteiger partial charge in [-0.15, -0.1) is 0 Å². The van der Waals surface area contributed by atoms with Gasteiger partial charge in [-0.3, -0.25) is 0 Å². The van der Waals surface area contributed by atoms with Gasteiger partial charge >= 0.3 is 0 Å². The molecule has 0 saturated heterocycles. The first-order chi connectivity index (χ1) is 15.2. The number of fused-ring (bicyclic) bond motifs is 1. The summed E-state index contributed by atoms with van der Waals surface area (Å²) in [6, 6.07) is 19.6. The summed E-state index contributed by atoms with van der Waals surface area (Å²) < 4.78 is 5.90. The fourth-order valence-corrected chi connectivity index (χ4v) is 7.39. The van der Waals surface area contributed by atoms with Gasteiger partial charge < -0.3 is 4.74 Å². The molecule has 0 spiro atoms. The minimum Gasteiger partial charge on any atom is -0.496 e. The van der Waals surface area contributed by atoms with Crippen LogP contribution in [0.1, 0.15) is 49.7 Å². The Labute approximate surface area is 183 Å². The summed E-state index contributed by atoms with van der Waals surface area (Å²) in [5.74, 6) is 3.80. The molecule has 3 aromatic rings. The molecule has 4 saturated carbocycles. The second kappa shape index (κ2) is 7.19. The maximum Gasteiger partial charge on any atom is 0.122 e. The predicted octanol–water partition coefficient (Wildman–Crippen LogP) is 7.25. The maximum absolute atomic E-state index is 10.6. The zero-order chi connectivity index (χ0) is 21.0. The van der Waals surface area contributed by atoms with Crippen molar-refractivity contribution in [3.8, 4) is 16.9 Å². The Morgan fingerprint density at radius 2 is 1.45 bits per heavy atom. The number of methoxy groups -OCH3 is 1. The summed E-state index contributed by atoms with van der Waals surface area (Å²) in [4.78, 5) is 10.6. The molecule has 158 valence electrons. The second-order valence-corrected chi connectivity index (χ2v) is 10.3. The third-order valence-electron chi connectivity index (χ3n) is 8.29. The monoisotopic (exact) mass is 411 g/mol. The van der Waals surface area contributed by atoms with Crippen molar-refractivity contribution >= 4 is 10.8 Å². The van der Waals surface area contributed by atoms with Gasteiger partial charge in [0.2, 0.25) is 0 Å². The lowest BCUT2D eigenvalue weighted by Gasteiger charge is -2.57. The molecule has 0 N–H and O–H groups in total. The van der Waals surface area contributed by atoms with E-state index >= 15 is 0 Å². The molecular weight excluding hydrogens is 382 g/mol. The van der Waals surface area contributed by atoms with E-state index < -0.39 is 0 Å². The van der Waals surface area contributed by atoms with E-state index in [-0.39, 0.29) is 6.54 Å². The first kappa shape index (κ1) is 19.0. The van der Waals surface area contributed by atoms with Crippen molar-refractivity contribution in [2.45, 2.75) is 50.5 Å². The highest BCUT2D eigenvalue weighted by molar-refractivity contribution is 5.88. The summed E-state index contributed by atoms with van der Waals surface area (Å²) >= 11 is 0. The minimum atomic E-state index is 0.227. The van der Waals surface area contributed by atoms with E-state index in [1.807, 2.05) is 13.2 Å². The van der Waals surface area contributed by atoms with Crippen molar-refractivity contribution < 1.29 is 4.74 Å². The average Bonchev–Trinajstić information content (AvgIpc) is 2.77. The molecule has 3 nitrogen and oxygen atoms in total. The van der Waals surface area contributed by atoms with Gasteiger partial charge in [-0.25, -0.2) is 0 Å².